The fraction of sp³-hybridized carbons (Fsp3) is 0.312. The minimum atomic E-state index is -3.81. The first-order chi connectivity index (χ1) is 20.3. The Balaban J connectivity index is 1.39. The molecule has 0 amide bonds. The molecule has 0 saturated heterocycles. The number of sulfonamides is 1. The number of fused-ring (bicyclic) bond motifs is 1. The minimum absolute atomic E-state index is 0.00491. The minimum Gasteiger partial charge on any atom is -0.493 e. The summed E-state index contributed by atoms with van der Waals surface area (Å²) in [6.45, 7) is 0. The van der Waals surface area contributed by atoms with Crippen LogP contribution in [0, 0.1) is 11.7 Å². The fourth-order valence-electron chi connectivity index (χ4n) is 5.24. The van der Waals surface area contributed by atoms with E-state index in [2.05, 4.69) is 14.7 Å². The van der Waals surface area contributed by atoms with Crippen molar-refractivity contribution < 1.29 is 27.0 Å². The molecule has 10 heteroatoms. The van der Waals surface area contributed by atoms with Crippen LogP contribution in [0.3, 0.4) is 0 Å². The second kappa shape index (κ2) is 13.2. The van der Waals surface area contributed by atoms with Gasteiger partial charge < -0.3 is 19.5 Å². The van der Waals surface area contributed by atoms with Crippen molar-refractivity contribution in [3.05, 3.63) is 84.3 Å². The molecule has 1 aromatic heterocycles. The van der Waals surface area contributed by atoms with Gasteiger partial charge in [-0.15, -0.1) is 4.40 Å². The molecular weight excluding hydrogens is 557 g/mol. The van der Waals surface area contributed by atoms with Gasteiger partial charge in [-0.05, 0) is 35.7 Å². The SMILES string of the molecule is COc1cc2nccc(Oc3ccc(NC(CC4CCCCC4)=NS(=O)(=O)Cc4ccccc4)cc3F)c2cc1OC. The Hall–Kier alpha value is -4.18. The van der Waals surface area contributed by atoms with E-state index in [1.165, 1.54) is 25.7 Å². The van der Waals surface area contributed by atoms with Crippen molar-refractivity contribution in [1.29, 1.82) is 0 Å². The number of halogens is 1. The number of aromatic nitrogens is 1. The van der Waals surface area contributed by atoms with E-state index in [9.17, 15) is 8.42 Å². The molecule has 3 aromatic carbocycles. The maximum absolute atomic E-state index is 15.4. The van der Waals surface area contributed by atoms with Gasteiger partial charge in [0.2, 0.25) is 0 Å². The summed E-state index contributed by atoms with van der Waals surface area (Å²) in [6.07, 6.45) is 7.47. The van der Waals surface area contributed by atoms with E-state index < -0.39 is 15.8 Å². The average molecular weight is 592 g/mol. The molecule has 1 saturated carbocycles. The number of pyridine rings is 1. The van der Waals surface area contributed by atoms with Gasteiger partial charge >= 0.3 is 0 Å². The Labute approximate surface area is 245 Å². The van der Waals surface area contributed by atoms with Crippen molar-refractivity contribution in [1.82, 2.24) is 4.98 Å². The smallest absolute Gasteiger partial charge is 0.258 e. The summed E-state index contributed by atoms with van der Waals surface area (Å²) in [5.41, 5.74) is 1.64. The summed E-state index contributed by atoms with van der Waals surface area (Å²) in [7, 11) is -0.740. The third-order valence-corrected chi connectivity index (χ3v) is 8.49. The predicted octanol–water partition coefficient (Wildman–Crippen LogP) is 7.49. The lowest BCUT2D eigenvalue weighted by Gasteiger charge is -2.22. The van der Waals surface area contributed by atoms with Gasteiger partial charge in [-0.3, -0.25) is 4.98 Å². The van der Waals surface area contributed by atoms with E-state index in [0.29, 0.717) is 57.6 Å². The number of nitrogens with zero attached hydrogens (tertiary/aromatic N) is 2. The first-order valence-corrected chi connectivity index (χ1v) is 15.5. The third-order valence-electron chi connectivity index (χ3n) is 7.30. The van der Waals surface area contributed by atoms with E-state index in [-0.39, 0.29) is 11.5 Å². The van der Waals surface area contributed by atoms with Gasteiger partial charge in [0.1, 0.15) is 11.6 Å². The molecule has 8 nitrogen and oxygen atoms in total. The lowest BCUT2D eigenvalue weighted by atomic mass is 9.87. The first kappa shape index (κ1) is 29.3. The molecule has 220 valence electrons. The van der Waals surface area contributed by atoms with Crippen molar-refractivity contribution in [2.75, 3.05) is 19.5 Å². The molecule has 5 rings (SSSR count). The highest BCUT2D eigenvalue weighted by Crippen LogP contribution is 2.37. The van der Waals surface area contributed by atoms with Crippen LogP contribution < -0.4 is 19.5 Å². The number of ether oxygens (including phenoxy) is 3. The van der Waals surface area contributed by atoms with Crippen LogP contribution in [0.25, 0.3) is 10.9 Å². The highest BCUT2D eigenvalue weighted by Gasteiger charge is 2.20. The molecule has 0 atom stereocenters. The molecular formula is C32H34FN3O5S. The molecule has 0 unspecified atom stereocenters. The molecule has 1 aliphatic carbocycles. The van der Waals surface area contributed by atoms with Crippen LogP contribution in [0.4, 0.5) is 10.1 Å². The molecule has 1 heterocycles. The standard InChI is InChI=1S/C32H34FN3O5S/c1-39-30-19-25-27(20-31(30)40-2)34-16-15-28(25)41-29-14-13-24(18-26(29)33)35-32(17-22-9-5-3-6-10-22)36-42(37,38)21-23-11-7-4-8-12-23/h4,7-8,11-16,18-20,22H,3,5-6,9-10,17,21H2,1-2H3,(H,35,36). The average Bonchev–Trinajstić information content (AvgIpc) is 2.98. The number of amidine groups is 1. The van der Waals surface area contributed by atoms with Gasteiger partial charge in [0, 0.05) is 35.8 Å². The second-order valence-electron chi connectivity index (χ2n) is 10.4. The van der Waals surface area contributed by atoms with Crippen molar-refractivity contribution in [2.24, 2.45) is 10.3 Å². The van der Waals surface area contributed by atoms with Gasteiger partial charge in [0.15, 0.2) is 23.1 Å². The number of hydrogen-bond acceptors (Lipinski definition) is 6. The molecule has 0 aliphatic heterocycles. The first-order valence-electron chi connectivity index (χ1n) is 13.9. The van der Waals surface area contributed by atoms with Crippen molar-refractivity contribution in [2.45, 2.75) is 44.3 Å². The third kappa shape index (κ3) is 7.36. The second-order valence-corrected chi connectivity index (χ2v) is 12.0. The largest absolute Gasteiger partial charge is 0.493 e. The summed E-state index contributed by atoms with van der Waals surface area (Å²) in [4.78, 5) is 4.36. The molecule has 4 aromatic rings. The van der Waals surface area contributed by atoms with Crippen molar-refractivity contribution in [3.63, 3.8) is 0 Å². The zero-order valence-electron chi connectivity index (χ0n) is 23.7. The lowest BCUT2D eigenvalue weighted by molar-refractivity contribution is 0.355. The number of hydrogen-bond donors (Lipinski definition) is 1. The Bertz CT molecular complexity index is 1670. The van der Waals surface area contributed by atoms with E-state index >= 15 is 4.39 Å². The normalized spacial score (nSPS) is 14.5. The Morgan fingerprint density at radius 3 is 2.38 bits per heavy atom. The van der Waals surface area contributed by atoms with E-state index in [1.807, 2.05) is 6.07 Å². The molecule has 0 spiro atoms. The number of nitrogens with one attached hydrogen (secondary N) is 1. The van der Waals surface area contributed by atoms with Gasteiger partial charge in [-0.2, -0.15) is 0 Å². The van der Waals surface area contributed by atoms with Crippen LogP contribution in [0.15, 0.2) is 77.3 Å². The van der Waals surface area contributed by atoms with E-state index in [1.54, 1.807) is 61.8 Å². The van der Waals surface area contributed by atoms with Gasteiger partial charge in [-0.1, -0.05) is 62.4 Å². The summed E-state index contributed by atoms with van der Waals surface area (Å²) in [5, 5.41) is 3.72. The fourth-order valence-corrected chi connectivity index (χ4v) is 6.38. The maximum atomic E-state index is 15.4. The zero-order valence-corrected chi connectivity index (χ0v) is 24.5. The highest BCUT2D eigenvalue weighted by atomic mass is 32.2. The Morgan fingerprint density at radius 2 is 1.67 bits per heavy atom. The maximum Gasteiger partial charge on any atom is 0.258 e. The van der Waals surface area contributed by atoms with Crippen LogP contribution in [-0.2, 0) is 15.8 Å². The predicted molar refractivity (Wildman–Crippen MR) is 163 cm³/mol. The van der Waals surface area contributed by atoms with Gasteiger partial charge in [0.25, 0.3) is 10.0 Å². The Kier molecular flexibility index (Phi) is 9.22. The van der Waals surface area contributed by atoms with Gasteiger partial charge in [0.05, 0.1) is 25.5 Å². The molecule has 0 radical (unpaired) electrons. The van der Waals surface area contributed by atoms with Crippen LogP contribution in [0.2, 0.25) is 0 Å². The zero-order chi connectivity index (χ0) is 29.5. The van der Waals surface area contributed by atoms with Crippen LogP contribution in [0.5, 0.6) is 23.0 Å². The van der Waals surface area contributed by atoms with Crippen molar-refractivity contribution >= 4 is 32.4 Å². The Morgan fingerprint density at radius 1 is 0.929 bits per heavy atom. The van der Waals surface area contributed by atoms with E-state index in [4.69, 9.17) is 14.2 Å². The van der Waals surface area contributed by atoms with Crippen LogP contribution >= 0.6 is 0 Å². The quantitative estimate of drug-likeness (QED) is 0.151. The summed E-state index contributed by atoms with van der Waals surface area (Å²) < 4.78 is 62.3. The lowest BCUT2D eigenvalue weighted by Crippen LogP contribution is -2.21. The molecule has 42 heavy (non-hydrogen) atoms. The number of rotatable bonds is 10. The number of methoxy groups -OCH3 is 2. The molecule has 0 bridgehead atoms. The number of anilines is 1. The van der Waals surface area contributed by atoms with E-state index in [0.717, 1.165) is 25.7 Å². The number of benzene rings is 3. The summed E-state index contributed by atoms with van der Waals surface area (Å²) in [5.74, 6) is 1.23. The topological polar surface area (TPSA) is 99.1 Å². The molecule has 1 fully saturated rings. The van der Waals surface area contributed by atoms with Crippen LogP contribution in [-0.4, -0.2) is 33.5 Å². The van der Waals surface area contributed by atoms with Gasteiger partial charge in [-0.25, -0.2) is 12.8 Å². The molecule has 1 N–H and O–H groups in total. The highest BCUT2D eigenvalue weighted by molar-refractivity contribution is 7.89. The summed E-state index contributed by atoms with van der Waals surface area (Å²) >= 11 is 0. The monoisotopic (exact) mass is 591 g/mol. The molecule has 1 aliphatic rings. The summed E-state index contributed by atoms with van der Waals surface area (Å²) in [6, 6.07) is 18.5. The van der Waals surface area contributed by atoms with Crippen LogP contribution in [0.1, 0.15) is 44.1 Å². The van der Waals surface area contributed by atoms with Crippen molar-refractivity contribution in [3.8, 4) is 23.0 Å².